The third-order valence-corrected chi connectivity index (χ3v) is 14.4. The number of carbonyl (C=O) groups is 2. The standard InChI is InChI=1S/C43H58N8O4S/c1-32(52)55-38-26-37(17-19-44-41(53)30-50-23-21-49(22-24-50)28-33-11-8-7-9-12-33)51(29-38)40-16-15-35(27-46-40)39-18-20-45-42(48-39)47-36-14-10-13-34(25-36)31-54-56(5,6)43(2,3)4/h7-16,18,20,25,27,37-38H,17,19,21-24,26,28-31H2,1-6H3,(H,44,53)(H,45,47,48). The Morgan fingerprint density at radius 3 is 2.38 bits per heavy atom. The molecule has 0 aliphatic carbocycles. The highest BCUT2D eigenvalue weighted by Crippen LogP contribution is 2.54. The SMILES string of the molecule is CC(=O)OC1CC(CCNC(=O)CN2CCN(Cc3ccccc3)CC2)N(c2ccc(-c3ccnc(Nc4cccc(COS(C)(C)C(C)(C)C)c4)n3)cn2)C1. The third-order valence-electron chi connectivity index (χ3n) is 10.8. The van der Waals surface area contributed by atoms with Gasteiger partial charge in [-0.2, -0.15) is 0 Å². The first-order valence-electron chi connectivity index (χ1n) is 19.5. The van der Waals surface area contributed by atoms with E-state index >= 15 is 0 Å². The highest BCUT2D eigenvalue weighted by molar-refractivity contribution is 8.29. The molecule has 56 heavy (non-hydrogen) atoms. The number of amides is 1. The summed E-state index contributed by atoms with van der Waals surface area (Å²) in [5, 5.41) is 6.48. The molecule has 0 saturated carbocycles. The summed E-state index contributed by atoms with van der Waals surface area (Å²) in [6.45, 7) is 14.7. The lowest BCUT2D eigenvalue weighted by molar-refractivity contribution is -0.145. The molecule has 12 nitrogen and oxygen atoms in total. The normalized spacial score (nSPS) is 18.4. The van der Waals surface area contributed by atoms with Crippen LogP contribution < -0.4 is 15.5 Å². The number of carbonyl (C=O) groups excluding carboxylic acids is 2. The Bertz CT molecular complexity index is 1900. The second-order valence-electron chi connectivity index (χ2n) is 16.1. The molecular weight excluding hydrogens is 725 g/mol. The molecule has 2 saturated heterocycles. The fourth-order valence-corrected chi connectivity index (χ4v) is 7.66. The number of nitrogens with zero attached hydrogens (tertiary/aromatic N) is 6. The van der Waals surface area contributed by atoms with Gasteiger partial charge >= 0.3 is 5.97 Å². The van der Waals surface area contributed by atoms with Crippen molar-refractivity contribution in [2.24, 2.45) is 0 Å². The van der Waals surface area contributed by atoms with E-state index in [2.05, 4.69) is 100.0 Å². The molecule has 2 aliphatic rings. The lowest BCUT2D eigenvalue weighted by Crippen LogP contribution is -2.49. The highest BCUT2D eigenvalue weighted by atomic mass is 32.3. The van der Waals surface area contributed by atoms with Gasteiger partial charge in [-0.3, -0.25) is 19.4 Å². The Kier molecular flexibility index (Phi) is 13.6. The Balaban J connectivity index is 1.01. The van der Waals surface area contributed by atoms with Gasteiger partial charge in [0.05, 0.1) is 25.4 Å². The summed E-state index contributed by atoms with van der Waals surface area (Å²) in [6, 6.07) is 24.6. The first-order valence-corrected chi connectivity index (χ1v) is 21.9. The molecule has 0 radical (unpaired) electrons. The van der Waals surface area contributed by atoms with Crippen molar-refractivity contribution in [2.45, 2.75) is 70.6 Å². The van der Waals surface area contributed by atoms with Crippen molar-refractivity contribution in [1.82, 2.24) is 30.1 Å². The molecule has 13 heteroatoms. The lowest BCUT2D eigenvalue weighted by atomic mass is 10.1. The van der Waals surface area contributed by atoms with Crippen LogP contribution in [0.1, 0.15) is 51.7 Å². The van der Waals surface area contributed by atoms with Crippen molar-refractivity contribution in [3.05, 3.63) is 96.3 Å². The van der Waals surface area contributed by atoms with Crippen LogP contribution in [0.5, 0.6) is 0 Å². The molecule has 0 bridgehead atoms. The molecule has 2 fully saturated rings. The molecule has 2 unspecified atom stereocenters. The maximum absolute atomic E-state index is 12.9. The van der Waals surface area contributed by atoms with Gasteiger partial charge in [0.2, 0.25) is 11.9 Å². The van der Waals surface area contributed by atoms with Crippen molar-refractivity contribution in [3.63, 3.8) is 0 Å². The van der Waals surface area contributed by atoms with Crippen molar-refractivity contribution >= 4 is 39.6 Å². The predicted molar refractivity (Wildman–Crippen MR) is 226 cm³/mol. The average molecular weight is 783 g/mol. The van der Waals surface area contributed by atoms with Gasteiger partial charge < -0.3 is 24.5 Å². The summed E-state index contributed by atoms with van der Waals surface area (Å²) in [7, 11) is -1.24. The largest absolute Gasteiger partial charge is 0.461 e. The van der Waals surface area contributed by atoms with E-state index in [1.807, 2.05) is 42.6 Å². The van der Waals surface area contributed by atoms with Gasteiger partial charge in [-0.1, -0.05) is 63.2 Å². The summed E-state index contributed by atoms with van der Waals surface area (Å²) in [5.41, 5.74) is 4.88. The number of aromatic nitrogens is 3. The minimum atomic E-state index is -1.24. The van der Waals surface area contributed by atoms with Crippen LogP contribution in [0, 0.1) is 0 Å². The van der Waals surface area contributed by atoms with Gasteiger partial charge in [0.1, 0.15) is 11.9 Å². The monoisotopic (exact) mass is 782 g/mol. The second-order valence-corrected chi connectivity index (χ2v) is 20.0. The zero-order valence-electron chi connectivity index (χ0n) is 33.7. The fraction of sp³-hybridized carbons (Fsp3) is 0.465. The minimum absolute atomic E-state index is 0.0338. The van der Waals surface area contributed by atoms with Crippen molar-refractivity contribution < 1.29 is 18.5 Å². The second kappa shape index (κ2) is 18.6. The Morgan fingerprint density at radius 2 is 1.66 bits per heavy atom. The highest BCUT2D eigenvalue weighted by Gasteiger charge is 2.35. The molecular formula is C43H58N8O4S. The summed E-state index contributed by atoms with van der Waals surface area (Å²) in [4.78, 5) is 45.7. The number of ether oxygens (including phenoxy) is 1. The number of rotatable bonds is 15. The van der Waals surface area contributed by atoms with Crippen LogP contribution in [-0.2, 0) is 31.7 Å². The topological polar surface area (TPSA) is 125 Å². The van der Waals surface area contributed by atoms with Crippen molar-refractivity contribution in [1.29, 1.82) is 0 Å². The zero-order valence-corrected chi connectivity index (χ0v) is 34.6. The quantitative estimate of drug-likeness (QED) is 0.130. The number of pyridine rings is 1. The van der Waals surface area contributed by atoms with Gasteiger partial charge in [-0.05, 0) is 60.4 Å². The minimum Gasteiger partial charge on any atom is -0.461 e. The number of anilines is 3. The van der Waals surface area contributed by atoms with E-state index in [0.29, 0.717) is 45.0 Å². The van der Waals surface area contributed by atoms with Crippen LogP contribution in [0.25, 0.3) is 11.3 Å². The molecule has 2 aliphatic heterocycles. The predicted octanol–water partition coefficient (Wildman–Crippen LogP) is 6.41. The molecule has 0 spiro atoms. The van der Waals surface area contributed by atoms with Gasteiger partial charge in [0.25, 0.3) is 0 Å². The first-order chi connectivity index (χ1) is 26.8. The molecule has 1 amide bonds. The third kappa shape index (κ3) is 11.5. The molecule has 2 aromatic heterocycles. The Labute approximate surface area is 333 Å². The fourth-order valence-electron chi connectivity index (χ4n) is 6.88. The zero-order chi connectivity index (χ0) is 39.7. The number of hydrogen-bond donors (Lipinski definition) is 2. The molecule has 300 valence electrons. The van der Waals surface area contributed by atoms with Crippen LogP contribution in [0.2, 0.25) is 0 Å². The van der Waals surface area contributed by atoms with E-state index in [0.717, 1.165) is 61.0 Å². The van der Waals surface area contributed by atoms with E-state index in [9.17, 15) is 9.59 Å². The van der Waals surface area contributed by atoms with Crippen LogP contribution >= 0.6 is 10.3 Å². The number of benzene rings is 2. The van der Waals surface area contributed by atoms with Crippen molar-refractivity contribution in [3.8, 4) is 11.3 Å². The molecule has 2 N–H and O–H groups in total. The van der Waals surface area contributed by atoms with Crippen LogP contribution in [0.15, 0.2) is 85.2 Å². The number of hydrogen-bond acceptors (Lipinski definition) is 11. The van der Waals surface area contributed by atoms with Gasteiger partial charge in [-0.15, -0.1) is 10.3 Å². The number of nitrogens with one attached hydrogen (secondary N) is 2. The van der Waals surface area contributed by atoms with Gasteiger partial charge in [0.15, 0.2) is 0 Å². The number of piperazine rings is 1. The average Bonchev–Trinajstić information content (AvgIpc) is 3.56. The van der Waals surface area contributed by atoms with Gasteiger partial charge in [-0.25, -0.2) is 15.0 Å². The van der Waals surface area contributed by atoms with E-state index in [1.54, 1.807) is 6.20 Å². The number of esters is 1. The van der Waals surface area contributed by atoms with E-state index in [1.165, 1.54) is 12.5 Å². The lowest BCUT2D eigenvalue weighted by Gasteiger charge is -2.43. The molecule has 2 aromatic carbocycles. The van der Waals surface area contributed by atoms with E-state index in [-0.39, 0.29) is 28.8 Å². The summed E-state index contributed by atoms with van der Waals surface area (Å²) >= 11 is 0. The summed E-state index contributed by atoms with van der Waals surface area (Å²) in [5.74, 6) is 1.01. The van der Waals surface area contributed by atoms with Crippen molar-refractivity contribution in [2.75, 3.05) is 68.5 Å². The molecule has 2 atom stereocenters. The maximum atomic E-state index is 12.9. The first kappa shape index (κ1) is 41.1. The Hall–Kier alpha value is -4.56. The van der Waals surface area contributed by atoms with Crippen LogP contribution in [-0.4, -0.2) is 112 Å². The summed E-state index contributed by atoms with van der Waals surface area (Å²) < 4.78 is 12.1. The van der Waals surface area contributed by atoms with Crippen LogP contribution in [0.4, 0.5) is 17.5 Å². The maximum Gasteiger partial charge on any atom is 0.302 e. The molecule has 6 rings (SSSR count). The summed E-state index contributed by atoms with van der Waals surface area (Å²) in [6.07, 6.45) is 9.11. The van der Waals surface area contributed by atoms with Gasteiger partial charge in [0, 0.05) is 87.0 Å². The van der Waals surface area contributed by atoms with E-state index in [4.69, 9.17) is 18.9 Å². The van der Waals surface area contributed by atoms with E-state index < -0.39 is 10.3 Å². The smallest absolute Gasteiger partial charge is 0.302 e. The Morgan fingerprint density at radius 1 is 0.911 bits per heavy atom. The molecule has 4 aromatic rings. The molecule has 4 heterocycles. The van der Waals surface area contributed by atoms with Crippen LogP contribution in [0.3, 0.4) is 0 Å².